The number of hydrazine groups is 1. The van der Waals surface area contributed by atoms with Crippen molar-refractivity contribution in [3.8, 4) is 5.95 Å². The van der Waals surface area contributed by atoms with E-state index in [1.54, 1.807) is 12.1 Å². The van der Waals surface area contributed by atoms with Gasteiger partial charge in [-0.15, -0.1) is 0 Å². The molecule has 0 aliphatic carbocycles. The van der Waals surface area contributed by atoms with Crippen molar-refractivity contribution < 1.29 is 4.39 Å². The number of anilines is 3. The van der Waals surface area contributed by atoms with Crippen molar-refractivity contribution >= 4 is 17.6 Å². The molecule has 0 spiro atoms. The van der Waals surface area contributed by atoms with Gasteiger partial charge in [-0.1, -0.05) is 0 Å². The summed E-state index contributed by atoms with van der Waals surface area (Å²) in [6.45, 7) is 0. The zero-order valence-electron chi connectivity index (χ0n) is 10.6. The van der Waals surface area contributed by atoms with Gasteiger partial charge in [0.05, 0.1) is 0 Å². The maximum absolute atomic E-state index is 12.9. The number of hydrogen-bond acceptors (Lipinski definition) is 8. The number of nitrogen functional groups attached to an aromatic ring is 1. The highest BCUT2D eigenvalue weighted by Gasteiger charge is 2.08. The molecule has 0 radical (unpaired) electrons. The average Bonchev–Trinajstić information content (AvgIpc) is 3.04. The standard InChI is InChI=1S/C11H10FN9/c12-7-1-3-8(4-2-7)16-9-17-10(20-13)19-11(18-9)21-6-14-5-15-21/h1-6H,13H2,(H2,16,17,18,19,20). The third-order valence-corrected chi connectivity index (χ3v) is 2.48. The number of rotatable bonds is 4. The van der Waals surface area contributed by atoms with Crippen LogP contribution < -0.4 is 16.6 Å². The number of nitrogens with two attached hydrogens (primary N) is 1. The Kier molecular flexibility index (Phi) is 3.35. The van der Waals surface area contributed by atoms with Crippen LogP contribution in [0.1, 0.15) is 0 Å². The molecule has 0 bridgehead atoms. The molecule has 21 heavy (non-hydrogen) atoms. The van der Waals surface area contributed by atoms with Crippen LogP contribution in [-0.2, 0) is 0 Å². The molecule has 0 aliphatic rings. The molecular weight excluding hydrogens is 277 g/mol. The van der Waals surface area contributed by atoms with E-state index in [-0.39, 0.29) is 23.7 Å². The first-order chi connectivity index (χ1) is 10.2. The molecule has 3 aromatic rings. The minimum atomic E-state index is -0.330. The Labute approximate surface area is 118 Å². The summed E-state index contributed by atoms with van der Waals surface area (Å²) in [5.74, 6) is 5.62. The van der Waals surface area contributed by atoms with Gasteiger partial charge in [0.15, 0.2) is 0 Å². The van der Waals surface area contributed by atoms with Gasteiger partial charge in [0.25, 0.3) is 5.95 Å². The molecule has 0 atom stereocenters. The minimum Gasteiger partial charge on any atom is -0.324 e. The molecular formula is C11H10FN9. The Balaban J connectivity index is 1.94. The van der Waals surface area contributed by atoms with Crippen molar-refractivity contribution in [2.24, 2.45) is 5.84 Å². The smallest absolute Gasteiger partial charge is 0.258 e. The van der Waals surface area contributed by atoms with Gasteiger partial charge in [0.1, 0.15) is 18.5 Å². The van der Waals surface area contributed by atoms with E-state index < -0.39 is 0 Å². The van der Waals surface area contributed by atoms with E-state index in [4.69, 9.17) is 5.84 Å². The highest BCUT2D eigenvalue weighted by atomic mass is 19.1. The van der Waals surface area contributed by atoms with E-state index in [2.05, 4.69) is 35.8 Å². The maximum Gasteiger partial charge on any atom is 0.258 e. The first-order valence-corrected chi connectivity index (χ1v) is 5.85. The van der Waals surface area contributed by atoms with Crippen LogP contribution in [0, 0.1) is 5.82 Å². The molecule has 2 heterocycles. The lowest BCUT2D eigenvalue weighted by molar-refractivity contribution is 0.628. The van der Waals surface area contributed by atoms with Crippen molar-refractivity contribution in [1.29, 1.82) is 0 Å². The normalized spacial score (nSPS) is 10.4. The van der Waals surface area contributed by atoms with Crippen LogP contribution in [0.4, 0.5) is 22.0 Å². The minimum absolute atomic E-state index is 0.153. The van der Waals surface area contributed by atoms with Gasteiger partial charge in [0.2, 0.25) is 11.9 Å². The van der Waals surface area contributed by atoms with Crippen molar-refractivity contribution in [3.05, 3.63) is 42.7 Å². The molecule has 1 aromatic carbocycles. The Morgan fingerprint density at radius 1 is 1.05 bits per heavy atom. The number of nitrogens with zero attached hydrogens (tertiary/aromatic N) is 6. The molecule has 2 aromatic heterocycles. The van der Waals surface area contributed by atoms with Gasteiger partial charge in [-0.25, -0.2) is 15.2 Å². The summed E-state index contributed by atoms with van der Waals surface area (Å²) >= 11 is 0. The van der Waals surface area contributed by atoms with Crippen LogP contribution >= 0.6 is 0 Å². The van der Waals surface area contributed by atoms with Gasteiger partial charge < -0.3 is 5.32 Å². The molecule has 0 saturated heterocycles. The Hall–Kier alpha value is -3.14. The monoisotopic (exact) mass is 287 g/mol. The predicted octanol–water partition coefficient (Wildman–Crippen LogP) is 0.621. The van der Waals surface area contributed by atoms with Crippen molar-refractivity contribution in [1.82, 2.24) is 29.7 Å². The first kappa shape index (κ1) is 12.9. The third kappa shape index (κ3) is 2.90. The second-order valence-corrected chi connectivity index (χ2v) is 3.90. The van der Waals surface area contributed by atoms with Crippen LogP contribution in [0.2, 0.25) is 0 Å². The zero-order valence-corrected chi connectivity index (χ0v) is 10.6. The lowest BCUT2D eigenvalue weighted by Crippen LogP contribution is -2.15. The van der Waals surface area contributed by atoms with E-state index in [0.717, 1.165) is 0 Å². The fourth-order valence-electron chi connectivity index (χ4n) is 1.56. The van der Waals surface area contributed by atoms with Crippen LogP contribution in [0.3, 0.4) is 0 Å². The van der Waals surface area contributed by atoms with Crippen LogP contribution in [0.15, 0.2) is 36.9 Å². The zero-order chi connectivity index (χ0) is 14.7. The lowest BCUT2D eigenvalue weighted by atomic mass is 10.3. The Morgan fingerprint density at radius 3 is 2.48 bits per heavy atom. The summed E-state index contributed by atoms with van der Waals surface area (Å²) in [5.41, 5.74) is 2.96. The average molecular weight is 287 g/mol. The molecule has 0 saturated carbocycles. The Morgan fingerprint density at radius 2 is 1.81 bits per heavy atom. The number of aromatic nitrogens is 6. The van der Waals surface area contributed by atoms with Gasteiger partial charge in [-0.05, 0) is 24.3 Å². The van der Waals surface area contributed by atoms with Crippen molar-refractivity contribution in [2.75, 3.05) is 10.7 Å². The predicted molar refractivity (Wildman–Crippen MR) is 72.2 cm³/mol. The van der Waals surface area contributed by atoms with Crippen molar-refractivity contribution in [3.63, 3.8) is 0 Å². The molecule has 0 aliphatic heterocycles. The molecule has 0 unspecified atom stereocenters. The topological polar surface area (TPSA) is 119 Å². The van der Waals surface area contributed by atoms with Gasteiger partial charge >= 0.3 is 0 Å². The molecule has 106 valence electrons. The quantitative estimate of drug-likeness (QED) is 0.472. The number of benzene rings is 1. The first-order valence-electron chi connectivity index (χ1n) is 5.85. The number of nitrogens with one attached hydrogen (secondary N) is 2. The fourth-order valence-corrected chi connectivity index (χ4v) is 1.56. The van der Waals surface area contributed by atoms with Crippen LogP contribution in [-0.4, -0.2) is 29.7 Å². The van der Waals surface area contributed by atoms with E-state index in [9.17, 15) is 4.39 Å². The van der Waals surface area contributed by atoms with E-state index >= 15 is 0 Å². The molecule has 0 amide bonds. The SMILES string of the molecule is NNc1nc(Nc2ccc(F)cc2)nc(-n2cncn2)n1. The third-order valence-electron chi connectivity index (χ3n) is 2.48. The number of hydrogen-bond donors (Lipinski definition) is 3. The summed E-state index contributed by atoms with van der Waals surface area (Å²) in [4.78, 5) is 16.1. The van der Waals surface area contributed by atoms with Gasteiger partial charge in [-0.2, -0.15) is 24.7 Å². The van der Waals surface area contributed by atoms with Crippen LogP contribution in [0.5, 0.6) is 0 Å². The van der Waals surface area contributed by atoms with Crippen LogP contribution in [0.25, 0.3) is 5.95 Å². The molecule has 0 fully saturated rings. The lowest BCUT2D eigenvalue weighted by Gasteiger charge is -2.08. The molecule has 10 heteroatoms. The fraction of sp³-hybridized carbons (Fsp3) is 0. The van der Waals surface area contributed by atoms with E-state index in [0.29, 0.717) is 5.69 Å². The summed E-state index contributed by atoms with van der Waals surface area (Å²) in [6.07, 6.45) is 2.80. The van der Waals surface area contributed by atoms with E-state index in [1.165, 1.54) is 29.5 Å². The largest absolute Gasteiger partial charge is 0.324 e. The highest BCUT2D eigenvalue weighted by Crippen LogP contribution is 2.15. The Bertz CT molecular complexity index is 726. The summed E-state index contributed by atoms with van der Waals surface area (Å²) in [5, 5.41) is 6.85. The van der Waals surface area contributed by atoms with Crippen molar-refractivity contribution in [2.45, 2.75) is 0 Å². The highest BCUT2D eigenvalue weighted by molar-refractivity contribution is 5.54. The second-order valence-electron chi connectivity index (χ2n) is 3.90. The molecule has 4 N–H and O–H groups in total. The van der Waals surface area contributed by atoms with Gasteiger partial charge in [-0.3, -0.25) is 5.43 Å². The summed E-state index contributed by atoms with van der Waals surface area (Å²) < 4.78 is 14.2. The van der Waals surface area contributed by atoms with E-state index in [1.807, 2.05) is 0 Å². The molecule has 3 rings (SSSR count). The summed E-state index contributed by atoms with van der Waals surface area (Å²) in [6, 6.07) is 5.77. The maximum atomic E-state index is 12.9. The van der Waals surface area contributed by atoms with Gasteiger partial charge in [0, 0.05) is 5.69 Å². The summed E-state index contributed by atoms with van der Waals surface area (Å²) in [7, 11) is 0. The molecule has 9 nitrogen and oxygen atoms in total. The number of halogens is 1. The second kappa shape index (κ2) is 5.46.